The number of nitrogens with one attached hydrogen (secondary N) is 1. The third kappa shape index (κ3) is 0.904. The van der Waals surface area contributed by atoms with Gasteiger partial charge >= 0.3 is 0 Å². The summed E-state index contributed by atoms with van der Waals surface area (Å²) in [7, 11) is 0. The molecule has 0 radical (unpaired) electrons. The number of hydrogen-bond donors (Lipinski definition) is 1. The van der Waals surface area contributed by atoms with Gasteiger partial charge in [0.1, 0.15) is 0 Å². The topological polar surface area (TPSA) is 32.3 Å². The van der Waals surface area contributed by atoms with Gasteiger partial charge < -0.3 is 5.32 Å². The monoisotopic (exact) mass is 140 g/mol. The van der Waals surface area contributed by atoms with E-state index >= 15 is 0 Å². The van der Waals surface area contributed by atoms with Gasteiger partial charge in [-0.2, -0.15) is 0 Å². The van der Waals surface area contributed by atoms with Crippen LogP contribution in [0.1, 0.15) is 19.3 Å². The Labute approximate surface area is 60.4 Å². The van der Waals surface area contributed by atoms with Crippen molar-refractivity contribution in [1.82, 2.24) is 10.2 Å². The van der Waals surface area contributed by atoms with Gasteiger partial charge in [-0.15, -0.1) is 0 Å². The summed E-state index contributed by atoms with van der Waals surface area (Å²) in [6.45, 7) is 1.73. The molecule has 0 saturated carbocycles. The van der Waals surface area contributed by atoms with Crippen molar-refractivity contribution in [2.24, 2.45) is 0 Å². The second kappa shape index (κ2) is 2.23. The Kier molecular flexibility index (Phi) is 1.38. The van der Waals surface area contributed by atoms with Gasteiger partial charge in [-0.25, -0.2) is 0 Å². The lowest BCUT2D eigenvalue weighted by Gasteiger charge is -2.27. The molecule has 3 nitrogen and oxygen atoms in total. The van der Waals surface area contributed by atoms with Crippen LogP contribution in [0.3, 0.4) is 0 Å². The van der Waals surface area contributed by atoms with Crippen LogP contribution in [0.25, 0.3) is 0 Å². The van der Waals surface area contributed by atoms with E-state index in [2.05, 4.69) is 10.2 Å². The average Bonchev–Trinajstić information content (AvgIpc) is 2.27. The largest absolute Gasteiger partial charge is 0.339 e. The zero-order valence-corrected chi connectivity index (χ0v) is 5.97. The molecule has 2 aliphatic heterocycles. The van der Waals surface area contributed by atoms with E-state index in [4.69, 9.17) is 0 Å². The van der Waals surface area contributed by atoms with Crippen LogP contribution >= 0.6 is 0 Å². The van der Waals surface area contributed by atoms with Gasteiger partial charge in [-0.3, -0.25) is 9.69 Å². The molecule has 10 heavy (non-hydrogen) atoms. The molecular weight excluding hydrogens is 128 g/mol. The molecule has 1 amide bonds. The number of carbonyl (C=O) groups is 1. The van der Waals surface area contributed by atoms with E-state index in [1.165, 1.54) is 12.8 Å². The lowest BCUT2D eigenvalue weighted by Crippen LogP contribution is -2.39. The second-order valence-corrected chi connectivity index (χ2v) is 3.05. The van der Waals surface area contributed by atoms with Gasteiger partial charge in [0.25, 0.3) is 0 Å². The molecule has 0 aromatic rings. The SMILES string of the molecule is O=C1CN2CCCCC2N1. The Hall–Kier alpha value is -0.570. The van der Waals surface area contributed by atoms with Crippen LogP contribution in [0.5, 0.6) is 0 Å². The molecule has 2 rings (SSSR count). The van der Waals surface area contributed by atoms with E-state index in [1.807, 2.05) is 0 Å². The maximum absolute atomic E-state index is 10.9. The van der Waals surface area contributed by atoms with Crippen LogP contribution in [0.15, 0.2) is 0 Å². The van der Waals surface area contributed by atoms with Crippen molar-refractivity contribution in [2.75, 3.05) is 13.1 Å². The van der Waals surface area contributed by atoms with Crippen molar-refractivity contribution >= 4 is 5.91 Å². The Balaban J connectivity index is 2.04. The number of amides is 1. The van der Waals surface area contributed by atoms with Gasteiger partial charge in [-0.05, 0) is 19.3 Å². The molecule has 1 unspecified atom stereocenters. The molecule has 0 spiro atoms. The summed E-state index contributed by atoms with van der Waals surface area (Å²) in [6.07, 6.45) is 4.04. The van der Waals surface area contributed by atoms with Crippen LogP contribution in [0.2, 0.25) is 0 Å². The maximum atomic E-state index is 10.9. The number of nitrogens with zero attached hydrogens (tertiary/aromatic N) is 1. The van der Waals surface area contributed by atoms with Crippen LogP contribution < -0.4 is 5.32 Å². The molecule has 3 heteroatoms. The number of rotatable bonds is 0. The minimum Gasteiger partial charge on any atom is -0.339 e. The van der Waals surface area contributed by atoms with E-state index in [9.17, 15) is 4.79 Å². The zero-order chi connectivity index (χ0) is 6.97. The summed E-state index contributed by atoms with van der Waals surface area (Å²) in [5.74, 6) is 0.201. The van der Waals surface area contributed by atoms with E-state index in [-0.39, 0.29) is 5.91 Å². The van der Waals surface area contributed by atoms with Gasteiger partial charge in [0, 0.05) is 6.54 Å². The van der Waals surface area contributed by atoms with E-state index < -0.39 is 0 Å². The van der Waals surface area contributed by atoms with Gasteiger partial charge in [-0.1, -0.05) is 0 Å². The van der Waals surface area contributed by atoms with E-state index in [1.54, 1.807) is 0 Å². The molecule has 2 heterocycles. The molecule has 2 aliphatic rings. The normalized spacial score (nSPS) is 33.6. The number of hydrogen-bond acceptors (Lipinski definition) is 2. The van der Waals surface area contributed by atoms with Crippen molar-refractivity contribution in [2.45, 2.75) is 25.4 Å². The van der Waals surface area contributed by atoms with Gasteiger partial charge in [0.2, 0.25) is 5.91 Å². The summed E-state index contributed by atoms with van der Waals surface area (Å²) in [6, 6.07) is 0. The Morgan fingerprint density at radius 1 is 1.50 bits per heavy atom. The van der Waals surface area contributed by atoms with Crippen LogP contribution in [-0.4, -0.2) is 30.1 Å². The predicted molar refractivity (Wildman–Crippen MR) is 37.4 cm³/mol. The van der Waals surface area contributed by atoms with Crippen LogP contribution in [-0.2, 0) is 4.79 Å². The molecular formula is C7H12N2O. The molecule has 0 aromatic carbocycles. The zero-order valence-electron chi connectivity index (χ0n) is 5.97. The third-order valence-electron chi connectivity index (χ3n) is 2.29. The van der Waals surface area contributed by atoms with Crippen molar-refractivity contribution in [3.8, 4) is 0 Å². The number of piperidine rings is 1. The highest BCUT2D eigenvalue weighted by Gasteiger charge is 2.30. The first-order valence-electron chi connectivity index (χ1n) is 3.90. The fraction of sp³-hybridized carbons (Fsp3) is 0.857. The molecule has 2 saturated heterocycles. The summed E-state index contributed by atoms with van der Waals surface area (Å²) in [4.78, 5) is 13.1. The van der Waals surface area contributed by atoms with E-state index in [0.29, 0.717) is 12.7 Å². The van der Waals surface area contributed by atoms with E-state index in [0.717, 1.165) is 13.0 Å². The summed E-state index contributed by atoms with van der Waals surface area (Å²) in [5.41, 5.74) is 0. The summed E-state index contributed by atoms with van der Waals surface area (Å²) >= 11 is 0. The van der Waals surface area contributed by atoms with Crippen molar-refractivity contribution < 1.29 is 4.79 Å². The maximum Gasteiger partial charge on any atom is 0.235 e. The summed E-state index contributed by atoms with van der Waals surface area (Å²) in [5, 5.41) is 2.94. The molecule has 2 fully saturated rings. The average molecular weight is 140 g/mol. The Morgan fingerprint density at radius 3 is 3.20 bits per heavy atom. The minimum absolute atomic E-state index is 0.201. The molecule has 56 valence electrons. The quantitative estimate of drug-likeness (QED) is 0.510. The number of carbonyl (C=O) groups excluding carboxylic acids is 1. The summed E-state index contributed by atoms with van der Waals surface area (Å²) < 4.78 is 0. The standard InChI is InChI=1S/C7H12N2O/c10-7-5-9-4-2-1-3-6(9)8-7/h6H,1-5H2,(H,8,10). The van der Waals surface area contributed by atoms with Crippen LogP contribution in [0.4, 0.5) is 0 Å². The fourth-order valence-electron chi connectivity index (χ4n) is 1.76. The highest BCUT2D eigenvalue weighted by atomic mass is 16.2. The Morgan fingerprint density at radius 2 is 2.40 bits per heavy atom. The molecule has 1 N–H and O–H groups in total. The van der Waals surface area contributed by atoms with Gasteiger partial charge in [0.15, 0.2) is 0 Å². The molecule has 1 atom stereocenters. The number of fused-ring (bicyclic) bond motifs is 1. The highest BCUT2D eigenvalue weighted by molar-refractivity contribution is 5.80. The molecule has 0 bridgehead atoms. The van der Waals surface area contributed by atoms with Crippen LogP contribution in [0, 0.1) is 0 Å². The third-order valence-corrected chi connectivity index (χ3v) is 2.29. The minimum atomic E-state index is 0.201. The van der Waals surface area contributed by atoms with Gasteiger partial charge in [0.05, 0.1) is 12.7 Å². The lowest BCUT2D eigenvalue weighted by molar-refractivity contribution is -0.118. The van der Waals surface area contributed by atoms with Crippen molar-refractivity contribution in [3.05, 3.63) is 0 Å². The smallest absolute Gasteiger partial charge is 0.235 e. The first kappa shape index (κ1) is 6.16. The van der Waals surface area contributed by atoms with Crippen molar-refractivity contribution in [3.63, 3.8) is 0 Å². The first-order chi connectivity index (χ1) is 4.86. The lowest BCUT2D eigenvalue weighted by atomic mass is 10.1. The molecule has 0 aliphatic carbocycles. The highest BCUT2D eigenvalue weighted by Crippen LogP contribution is 2.17. The first-order valence-corrected chi connectivity index (χ1v) is 3.90. The molecule has 0 aromatic heterocycles. The Bertz CT molecular complexity index is 142. The fourth-order valence-corrected chi connectivity index (χ4v) is 1.76. The second-order valence-electron chi connectivity index (χ2n) is 3.05. The van der Waals surface area contributed by atoms with Crippen molar-refractivity contribution in [1.29, 1.82) is 0 Å². The predicted octanol–water partition coefficient (Wildman–Crippen LogP) is -0.0718.